The summed E-state index contributed by atoms with van der Waals surface area (Å²) in [5.41, 5.74) is 1.80. The Labute approximate surface area is 86.7 Å². The van der Waals surface area contributed by atoms with Gasteiger partial charge in [0.15, 0.2) is 5.78 Å². The largest absolute Gasteiger partial charge is 0.378 e. The third-order valence-electron chi connectivity index (χ3n) is 1.81. The predicted octanol–water partition coefficient (Wildman–Crippen LogP) is 2.33. The zero-order chi connectivity index (χ0) is 9.84. The van der Waals surface area contributed by atoms with E-state index in [0.29, 0.717) is 5.33 Å². The molecule has 0 radical (unpaired) electrons. The van der Waals surface area contributed by atoms with E-state index in [1.807, 2.05) is 43.3 Å². The van der Waals surface area contributed by atoms with E-state index in [1.165, 1.54) is 0 Å². The van der Waals surface area contributed by atoms with Crippen LogP contribution in [0, 0.1) is 0 Å². The highest BCUT2D eigenvalue weighted by Gasteiger charge is 2.04. The molecule has 13 heavy (non-hydrogen) atoms. The molecule has 0 aliphatic carbocycles. The minimum Gasteiger partial charge on any atom is -0.378 e. The van der Waals surface area contributed by atoms with Crippen molar-refractivity contribution in [3.63, 3.8) is 0 Å². The fourth-order valence-corrected chi connectivity index (χ4v) is 1.36. The zero-order valence-electron chi connectivity index (χ0n) is 7.75. The van der Waals surface area contributed by atoms with Gasteiger partial charge < -0.3 is 4.90 Å². The summed E-state index contributed by atoms with van der Waals surface area (Å²) in [4.78, 5) is 13.3. The van der Waals surface area contributed by atoms with Crippen LogP contribution in [0.2, 0.25) is 0 Å². The molecule has 0 N–H and O–H groups in total. The van der Waals surface area contributed by atoms with E-state index in [0.717, 1.165) is 11.3 Å². The molecule has 0 saturated heterocycles. The minimum absolute atomic E-state index is 0.115. The third-order valence-corrected chi connectivity index (χ3v) is 2.32. The average molecular weight is 242 g/mol. The van der Waals surface area contributed by atoms with Gasteiger partial charge in [-0.05, 0) is 12.1 Å². The van der Waals surface area contributed by atoms with Crippen LogP contribution < -0.4 is 4.90 Å². The van der Waals surface area contributed by atoms with E-state index in [9.17, 15) is 4.79 Å². The van der Waals surface area contributed by atoms with Crippen LogP contribution in [-0.4, -0.2) is 25.2 Å². The standard InChI is InChI=1S/C10H12BrNO/c1-12(2)9-5-3-4-8(6-9)10(13)7-11/h3-6H,7H2,1-2H3. The van der Waals surface area contributed by atoms with E-state index in [1.54, 1.807) is 0 Å². The molecule has 1 aromatic carbocycles. The van der Waals surface area contributed by atoms with Crippen molar-refractivity contribution in [2.45, 2.75) is 0 Å². The van der Waals surface area contributed by atoms with Crippen LogP contribution in [-0.2, 0) is 0 Å². The van der Waals surface area contributed by atoms with Crippen molar-refractivity contribution in [1.29, 1.82) is 0 Å². The Morgan fingerprint density at radius 3 is 2.69 bits per heavy atom. The molecule has 3 heteroatoms. The summed E-state index contributed by atoms with van der Waals surface area (Å²) in [6.45, 7) is 0. The Bertz CT molecular complexity index is 310. The number of carbonyl (C=O) groups excluding carboxylic acids is 1. The lowest BCUT2D eigenvalue weighted by Crippen LogP contribution is -2.09. The van der Waals surface area contributed by atoms with Gasteiger partial charge in [0.2, 0.25) is 0 Å². The molecule has 0 amide bonds. The Kier molecular flexibility index (Phi) is 3.48. The van der Waals surface area contributed by atoms with Gasteiger partial charge in [0, 0.05) is 25.3 Å². The van der Waals surface area contributed by atoms with Crippen molar-refractivity contribution in [3.8, 4) is 0 Å². The number of benzene rings is 1. The first-order chi connectivity index (χ1) is 6.15. The molecule has 70 valence electrons. The molecule has 2 nitrogen and oxygen atoms in total. The zero-order valence-corrected chi connectivity index (χ0v) is 9.34. The summed E-state index contributed by atoms with van der Waals surface area (Å²) in [5, 5.41) is 0.379. The van der Waals surface area contributed by atoms with Gasteiger partial charge in [-0.1, -0.05) is 28.1 Å². The van der Waals surface area contributed by atoms with Crippen molar-refractivity contribution in [3.05, 3.63) is 29.8 Å². The number of Topliss-reactive ketones (excluding diaryl/α,β-unsaturated/α-hetero) is 1. The van der Waals surface area contributed by atoms with Crippen molar-refractivity contribution in [2.75, 3.05) is 24.3 Å². The molecule has 1 rings (SSSR count). The summed E-state index contributed by atoms with van der Waals surface area (Å²) in [6, 6.07) is 7.59. The lowest BCUT2D eigenvalue weighted by atomic mass is 10.1. The van der Waals surface area contributed by atoms with Crippen LogP contribution in [0.3, 0.4) is 0 Å². The highest BCUT2D eigenvalue weighted by molar-refractivity contribution is 9.09. The molecule has 0 aliphatic heterocycles. The van der Waals surface area contributed by atoms with Gasteiger partial charge >= 0.3 is 0 Å². The molecule has 0 aromatic heterocycles. The summed E-state index contributed by atoms with van der Waals surface area (Å²) in [6.07, 6.45) is 0. The number of nitrogens with zero attached hydrogens (tertiary/aromatic N) is 1. The van der Waals surface area contributed by atoms with Crippen LogP contribution in [0.15, 0.2) is 24.3 Å². The summed E-state index contributed by atoms with van der Waals surface area (Å²) < 4.78 is 0. The van der Waals surface area contributed by atoms with E-state index < -0.39 is 0 Å². The Balaban J connectivity index is 2.98. The topological polar surface area (TPSA) is 20.3 Å². The highest BCUT2D eigenvalue weighted by Crippen LogP contribution is 2.14. The van der Waals surface area contributed by atoms with E-state index in [2.05, 4.69) is 15.9 Å². The number of anilines is 1. The lowest BCUT2D eigenvalue weighted by Gasteiger charge is -2.12. The fraction of sp³-hybridized carbons (Fsp3) is 0.300. The van der Waals surface area contributed by atoms with Gasteiger partial charge in [0.05, 0.1) is 5.33 Å². The van der Waals surface area contributed by atoms with Gasteiger partial charge in [0.25, 0.3) is 0 Å². The number of halogens is 1. The van der Waals surface area contributed by atoms with E-state index in [4.69, 9.17) is 0 Å². The summed E-state index contributed by atoms with van der Waals surface area (Å²) in [5.74, 6) is 0.115. The molecule has 0 saturated carbocycles. The molecular formula is C10H12BrNO. The third kappa shape index (κ3) is 2.56. The molecule has 0 fully saturated rings. The quantitative estimate of drug-likeness (QED) is 0.599. The lowest BCUT2D eigenvalue weighted by molar-refractivity contribution is 0.102. The second-order valence-corrected chi connectivity index (χ2v) is 3.56. The predicted molar refractivity (Wildman–Crippen MR) is 58.9 cm³/mol. The SMILES string of the molecule is CN(C)c1cccc(C(=O)CBr)c1. The van der Waals surface area contributed by atoms with Crippen LogP contribution in [0.5, 0.6) is 0 Å². The van der Waals surface area contributed by atoms with Crippen LogP contribution in [0.1, 0.15) is 10.4 Å². The van der Waals surface area contributed by atoms with Crippen molar-refractivity contribution in [1.82, 2.24) is 0 Å². The number of ketones is 1. The summed E-state index contributed by atoms with van der Waals surface area (Å²) >= 11 is 3.15. The van der Waals surface area contributed by atoms with Crippen molar-refractivity contribution < 1.29 is 4.79 Å². The Morgan fingerprint density at radius 2 is 2.15 bits per heavy atom. The van der Waals surface area contributed by atoms with Crippen LogP contribution in [0.25, 0.3) is 0 Å². The maximum absolute atomic E-state index is 11.3. The minimum atomic E-state index is 0.115. The van der Waals surface area contributed by atoms with Gasteiger partial charge in [-0.15, -0.1) is 0 Å². The van der Waals surface area contributed by atoms with E-state index >= 15 is 0 Å². The fourth-order valence-electron chi connectivity index (χ4n) is 1.03. The maximum Gasteiger partial charge on any atom is 0.173 e. The first-order valence-corrected chi connectivity index (χ1v) is 5.14. The number of alkyl halides is 1. The monoisotopic (exact) mass is 241 g/mol. The number of carbonyl (C=O) groups is 1. The molecular weight excluding hydrogens is 230 g/mol. The van der Waals surface area contributed by atoms with Crippen LogP contribution >= 0.6 is 15.9 Å². The number of hydrogen-bond acceptors (Lipinski definition) is 2. The maximum atomic E-state index is 11.3. The Hall–Kier alpha value is -0.830. The molecule has 0 spiro atoms. The molecule has 0 unspecified atom stereocenters. The van der Waals surface area contributed by atoms with Gasteiger partial charge in [-0.3, -0.25) is 4.79 Å². The van der Waals surface area contributed by atoms with Crippen molar-refractivity contribution >= 4 is 27.4 Å². The molecule has 0 bridgehead atoms. The molecule has 0 atom stereocenters. The molecule has 0 aliphatic rings. The van der Waals surface area contributed by atoms with E-state index in [-0.39, 0.29) is 5.78 Å². The number of rotatable bonds is 3. The normalized spacial score (nSPS) is 9.77. The second kappa shape index (κ2) is 4.42. The van der Waals surface area contributed by atoms with Gasteiger partial charge in [-0.2, -0.15) is 0 Å². The molecule has 0 heterocycles. The van der Waals surface area contributed by atoms with Crippen LogP contribution in [0.4, 0.5) is 5.69 Å². The summed E-state index contributed by atoms with van der Waals surface area (Å²) in [7, 11) is 3.91. The first kappa shape index (κ1) is 10.3. The van der Waals surface area contributed by atoms with Gasteiger partial charge in [-0.25, -0.2) is 0 Å². The number of hydrogen-bond donors (Lipinski definition) is 0. The van der Waals surface area contributed by atoms with Gasteiger partial charge in [0.1, 0.15) is 0 Å². The smallest absolute Gasteiger partial charge is 0.173 e. The second-order valence-electron chi connectivity index (χ2n) is 3.00. The average Bonchev–Trinajstić information content (AvgIpc) is 2.17. The highest BCUT2D eigenvalue weighted by atomic mass is 79.9. The Morgan fingerprint density at radius 1 is 1.46 bits per heavy atom. The molecule has 1 aromatic rings. The van der Waals surface area contributed by atoms with Crippen molar-refractivity contribution in [2.24, 2.45) is 0 Å². The first-order valence-electron chi connectivity index (χ1n) is 4.01.